The van der Waals surface area contributed by atoms with Crippen molar-refractivity contribution in [3.8, 4) is 0 Å². The van der Waals surface area contributed by atoms with Crippen molar-refractivity contribution in [3.63, 3.8) is 0 Å². The van der Waals surface area contributed by atoms with Crippen molar-refractivity contribution in [1.29, 1.82) is 0 Å². The molecule has 23 heavy (non-hydrogen) atoms. The molecule has 0 saturated heterocycles. The molecule has 2 atom stereocenters. The summed E-state index contributed by atoms with van der Waals surface area (Å²) in [6.07, 6.45) is 0. The van der Waals surface area contributed by atoms with Gasteiger partial charge in [-0.1, -0.05) is 52.4 Å². The molecule has 124 valence electrons. The van der Waals surface area contributed by atoms with Gasteiger partial charge >= 0.3 is 0 Å². The minimum atomic E-state index is -0.291. The van der Waals surface area contributed by atoms with Crippen LogP contribution in [-0.2, 0) is 4.79 Å². The highest BCUT2D eigenvalue weighted by Crippen LogP contribution is 2.30. The van der Waals surface area contributed by atoms with E-state index in [0.717, 1.165) is 15.0 Å². The highest BCUT2D eigenvalue weighted by molar-refractivity contribution is 8.02. The standard InChI is InChI=1S/C14H16Cl2N4OS2/c1-7(10-5-4-9(15)6-11(10)16)18-12(21)8(2)22-14-20-19-13(17-3)23-14/h4-8H,1-3H3,(H,17,19)(H,18,21)/t7-,8+/m1/s1. The third-order valence-corrected chi connectivity index (χ3v) is 5.74. The van der Waals surface area contributed by atoms with Crippen LogP contribution in [0.2, 0.25) is 10.0 Å². The molecule has 5 nitrogen and oxygen atoms in total. The Labute approximate surface area is 153 Å². The van der Waals surface area contributed by atoms with E-state index < -0.39 is 0 Å². The van der Waals surface area contributed by atoms with E-state index in [-0.39, 0.29) is 17.2 Å². The van der Waals surface area contributed by atoms with Gasteiger partial charge in [-0.2, -0.15) is 0 Å². The lowest BCUT2D eigenvalue weighted by Crippen LogP contribution is -2.33. The summed E-state index contributed by atoms with van der Waals surface area (Å²) < 4.78 is 0.745. The van der Waals surface area contributed by atoms with Gasteiger partial charge in [-0.25, -0.2) is 0 Å². The predicted molar refractivity (Wildman–Crippen MR) is 97.8 cm³/mol. The Morgan fingerprint density at radius 1 is 1.30 bits per heavy atom. The summed E-state index contributed by atoms with van der Waals surface area (Å²) in [5.74, 6) is -0.0882. The van der Waals surface area contributed by atoms with E-state index in [1.807, 2.05) is 19.9 Å². The monoisotopic (exact) mass is 390 g/mol. The minimum Gasteiger partial charge on any atom is -0.363 e. The lowest BCUT2D eigenvalue weighted by atomic mass is 10.1. The summed E-state index contributed by atoms with van der Waals surface area (Å²) in [6, 6.07) is 5.03. The molecular formula is C14H16Cl2N4OS2. The highest BCUT2D eigenvalue weighted by atomic mass is 35.5. The number of rotatable bonds is 6. The van der Waals surface area contributed by atoms with E-state index in [1.165, 1.54) is 23.1 Å². The Kier molecular flexibility index (Phi) is 6.52. The topological polar surface area (TPSA) is 66.9 Å². The summed E-state index contributed by atoms with van der Waals surface area (Å²) >= 11 is 14.8. The van der Waals surface area contributed by atoms with Crippen molar-refractivity contribution in [2.75, 3.05) is 12.4 Å². The first-order valence-corrected chi connectivity index (χ1v) is 9.29. The van der Waals surface area contributed by atoms with Gasteiger partial charge in [0.05, 0.1) is 11.3 Å². The normalized spacial score (nSPS) is 13.4. The van der Waals surface area contributed by atoms with E-state index >= 15 is 0 Å². The molecule has 1 amide bonds. The molecule has 1 aromatic heterocycles. The maximum absolute atomic E-state index is 12.3. The number of nitrogens with one attached hydrogen (secondary N) is 2. The molecule has 0 aliphatic rings. The van der Waals surface area contributed by atoms with Crippen LogP contribution >= 0.6 is 46.3 Å². The fourth-order valence-electron chi connectivity index (χ4n) is 1.82. The molecule has 0 aliphatic heterocycles. The van der Waals surface area contributed by atoms with Crippen LogP contribution in [0, 0.1) is 0 Å². The first kappa shape index (κ1) is 18.3. The number of anilines is 1. The second-order valence-electron chi connectivity index (χ2n) is 4.78. The molecule has 2 aromatic rings. The lowest BCUT2D eigenvalue weighted by Gasteiger charge is -2.18. The van der Waals surface area contributed by atoms with Gasteiger partial charge in [-0.15, -0.1) is 10.2 Å². The van der Waals surface area contributed by atoms with E-state index in [4.69, 9.17) is 23.2 Å². The molecule has 0 unspecified atom stereocenters. The van der Waals surface area contributed by atoms with Crippen LogP contribution in [0.5, 0.6) is 0 Å². The molecular weight excluding hydrogens is 375 g/mol. The highest BCUT2D eigenvalue weighted by Gasteiger charge is 2.20. The SMILES string of the molecule is CNc1nnc(S[C@@H](C)C(=O)N[C@H](C)c2ccc(Cl)cc2Cl)s1. The molecule has 2 rings (SSSR count). The Bertz CT molecular complexity index is 695. The number of halogens is 2. The Morgan fingerprint density at radius 3 is 2.65 bits per heavy atom. The Morgan fingerprint density at radius 2 is 2.04 bits per heavy atom. The van der Waals surface area contributed by atoms with E-state index in [9.17, 15) is 4.79 Å². The molecule has 0 bridgehead atoms. The number of hydrogen-bond acceptors (Lipinski definition) is 6. The maximum Gasteiger partial charge on any atom is 0.233 e. The molecule has 0 fully saturated rings. The van der Waals surface area contributed by atoms with Crippen LogP contribution in [0.4, 0.5) is 5.13 Å². The van der Waals surface area contributed by atoms with Gasteiger partial charge in [0.1, 0.15) is 0 Å². The number of hydrogen-bond donors (Lipinski definition) is 2. The largest absolute Gasteiger partial charge is 0.363 e. The third kappa shape index (κ3) is 4.97. The minimum absolute atomic E-state index is 0.0882. The number of nitrogens with zero attached hydrogens (tertiary/aromatic N) is 2. The predicted octanol–water partition coefficient (Wildman–Crippen LogP) is 4.24. The van der Waals surface area contributed by atoms with Crippen LogP contribution in [0.3, 0.4) is 0 Å². The van der Waals surface area contributed by atoms with E-state index in [0.29, 0.717) is 10.0 Å². The van der Waals surface area contributed by atoms with E-state index in [2.05, 4.69) is 20.8 Å². The molecule has 0 radical (unpaired) electrons. The number of carbonyl (C=O) groups is 1. The average molecular weight is 391 g/mol. The lowest BCUT2D eigenvalue weighted by molar-refractivity contribution is -0.120. The van der Waals surface area contributed by atoms with Gasteiger partial charge in [0.2, 0.25) is 11.0 Å². The van der Waals surface area contributed by atoms with Gasteiger partial charge in [0.15, 0.2) is 4.34 Å². The first-order chi connectivity index (χ1) is 10.9. The molecule has 0 spiro atoms. The fraction of sp³-hybridized carbons (Fsp3) is 0.357. The van der Waals surface area contributed by atoms with Crippen molar-refractivity contribution < 1.29 is 4.79 Å². The van der Waals surface area contributed by atoms with Crippen molar-refractivity contribution in [3.05, 3.63) is 33.8 Å². The van der Waals surface area contributed by atoms with Crippen molar-refractivity contribution in [2.45, 2.75) is 29.5 Å². The second-order valence-corrected chi connectivity index (χ2v) is 8.19. The zero-order valence-corrected chi connectivity index (χ0v) is 15.9. The van der Waals surface area contributed by atoms with Gasteiger partial charge in [0.25, 0.3) is 0 Å². The number of aromatic nitrogens is 2. The summed E-state index contributed by atoms with van der Waals surface area (Å²) in [5, 5.41) is 15.4. The summed E-state index contributed by atoms with van der Waals surface area (Å²) in [6.45, 7) is 3.71. The van der Waals surface area contributed by atoms with Crippen molar-refractivity contribution in [1.82, 2.24) is 15.5 Å². The summed E-state index contributed by atoms with van der Waals surface area (Å²) in [4.78, 5) is 12.3. The average Bonchev–Trinajstić information content (AvgIpc) is 2.94. The zero-order valence-electron chi connectivity index (χ0n) is 12.8. The van der Waals surface area contributed by atoms with Gasteiger partial charge < -0.3 is 10.6 Å². The molecule has 0 aliphatic carbocycles. The van der Waals surface area contributed by atoms with Crippen LogP contribution in [0.15, 0.2) is 22.5 Å². The van der Waals surface area contributed by atoms with Crippen LogP contribution in [-0.4, -0.2) is 28.4 Å². The quantitative estimate of drug-likeness (QED) is 0.721. The van der Waals surface area contributed by atoms with Crippen LogP contribution in [0.25, 0.3) is 0 Å². The van der Waals surface area contributed by atoms with Gasteiger partial charge in [-0.3, -0.25) is 4.79 Å². The Hall–Kier alpha value is -1.02. The van der Waals surface area contributed by atoms with E-state index in [1.54, 1.807) is 19.2 Å². The summed E-state index contributed by atoms with van der Waals surface area (Å²) in [5.41, 5.74) is 0.829. The number of thioether (sulfide) groups is 1. The third-order valence-electron chi connectivity index (χ3n) is 3.05. The molecule has 9 heteroatoms. The Balaban J connectivity index is 1.97. The molecule has 0 saturated carbocycles. The smallest absolute Gasteiger partial charge is 0.233 e. The number of amides is 1. The number of benzene rings is 1. The van der Waals surface area contributed by atoms with Crippen LogP contribution < -0.4 is 10.6 Å². The van der Waals surface area contributed by atoms with Gasteiger partial charge in [0, 0.05) is 17.1 Å². The number of carbonyl (C=O) groups excluding carboxylic acids is 1. The van der Waals surface area contributed by atoms with Crippen molar-refractivity contribution in [2.24, 2.45) is 0 Å². The zero-order chi connectivity index (χ0) is 17.0. The first-order valence-electron chi connectivity index (χ1n) is 6.84. The maximum atomic E-state index is 12.3. The van der Waals surface area contributed by atoms with Crippen LogP contribution in [0.1, 0.15) is 25.5 Å². The fourth-order valence-corrected chi connectivity index (χ4v) is 4.26. The second kappa shape index (κ2) is 8.19. The summed E-state index contributed by atoms with van der Waals surface area (Å²) in [7, 11) is 1.78. The molecule has 1 heterocycles. The molecule has 1 aromatic carbocycles. The molecule has 2 N–H and O–H groups in total. The van der Waals surface area contributed by atoms with Crippen molar-refractivity contribution >= 4 is 57.3 Å². The van der Waals surface area contributed by atoms with Gasteiger partial charge in [-0.05, 0) is 31.5 Å².